The third kappa shape index (κ3) is 3.12. The molecule has 1 aliphatic rings. The lowest BCUT2D eigenvalue weighted by atomic mass is 9.89. The predicted molar refractivity (Wildman–Crippen MR) is 99.3 cm³/mol. The van der Waals surface area contributed by atoms with E-state index in [1.54, 1.807) is 37.3 Å². The summed E-state index contributed by atoms with van der Waals surface area (Å²) in [4.78, 5) is 4.27. The van der Waals surface area contributed by atoms with Gasteiger partial charge in [-0.2, -0.15) is 10.5 Å². The molecule has 0 aliphatic carbocycles. The van der Waals surface area contributed by atoms with Gasteiger partial charge in [0.2, 0.25) is 0 Å². The van der Waals surface area contributed by atoms with Crippen molar-refractivity contribution >= 4 is 11.8 Å². The van der Waals surface area contributed by atoms with Crippen molar-refractivity contribution in [3.8, 4) is 12.1 Å². The largest absolute Gasteiger partial charge is 0.363 e. The monoisotopic (exact) mass is 340 g/mol. The van der Waals surface area contributed by atoms with Crippen LogP contribution in [0.15, 0.2) is 82.6 Å². The molecule has 2 N–H and O–H groups in total. The number of aliphatic hydroxyl groups is 1. The highest BCUT2D eigenvalue weighted by atomic mass is 16.3. The highest BCUT2D eigenvalue weighted by molar-refractivity contribution is 6.05. The van der Waals surface area contributed by atoms with E-state index in [1.165, 1.54) is 0 Å². The van der Waals surface area contributed by atoms with Crippen LogP contribution in [0, 0.1) is 22.7 Å². The quantitative estimate of drug-likeness (QED) is 0.878. The summed E-state index contributed by atoms with van der Waals surface area (Å²) < 4.78 is 0. The molecule has 0 fully saturated rings. The molecule has 0 saturated heterocycles. The van der Waals surface area contributed by atoms with Crippen molar-refractivity contribution in [3.05, 3.63) is 88.8 Å². The molecule has 126 valence electrons. The van der Waals surface area contributed by atoms with Gasteiger partial charge in [-0.1, -0.05) is 60.7 Å². The van der Waals surface area contributed by atoms with E-state index in [0.717, 1.165) is 5.56 Å². The van der Waals surface area contributed by atoms with Crippen LogP contribution in [0.2, 0.25) is 0 Å². The smallest absolute Gasteiger partial charge is 0.191 e. The number of benzene rings is 2. The summed E-state index contributed by atoms with van der Waals surface area (Å²) in [6.07, 6.45) is 1.80. The van der Waals surface area contributed by atoms with Crippen LogP contribution in [0.25, 0.3) is 6.08 Å². The van der Waals surface area contributed by atoms with Crippen LogP contribution in [0.4, 0.5) is 0 Å². The molecular formula is C21H16N4O. The summed E-state index contributed by atoms with van der Waals surface area (Å²) >= 11 is 0. The van der Waals surface area contributed by atoms with E-state index < -0.39 is 5.72 Å². The van der Waals surface area contributed by atoms with Crippen molar-refractivity contribution in [2.75, 3.05) is 0 Å². The summed E-state index contributed by atoms with van der Waals surface area (Å²) in [6.45, 7) is 1.71. The van der Waals surface area contributed by atoms with Crippen molar-refractivity contribution < 1.29 is 5.11 Å². The van der Waals surface area contributed by atoms with E-state index in [0.29, 0.717) is 16.8 Å². The van der Waals surface area contributed by atoms with Gasteiger partial charge in [-0.3, -0.25) is 0 Å². The Morgan fingerprint density at radius 1 is 1.00 bits per heavy atom. The van der Waals surface area contributed by atoms with Crippen LogP contribution >= 0.6 is 0 Å². The average molecular weight is 340 g/mol. The average Bonchev–Trinajstić information content (AvgIpc) is 2.79. The molecule has 5 heteroatoms. The summed E-state index contributed by atoms with van der Waals surface area (Å²) in [5, 5.41) is 33.2. The maximum atomic E-state index is 11.6. The van der Waals surface area contributed by atoms with Crippen molar-refractivity contribution in [2.45, 2.75) is 12.6 Å². The molecule has 1 heterocycles. The first kappa shape index (κ1) is 17.2. The zero-order valence-electron chi connectivity index (χ0n) is 14.1. The second-order valence-corrected chi connectivity index (χ2v) is 5.81. The Bertz CT molecular complexity index is 992. The predicted octanol–water partition coefficient (Wildman–Crippen LogP) is 3.24. The fraction of sp³-hybridized carbons (Fsp3) is 0.0952. The van der Waals surface area contributed by atoms with Gasteiger partial charge in [-0.15, -0.1) is 0 Å². The van der Waals surface area contributed by atoms with E-state index in [2.05, 4.69) is 10.3 Å². The van der Waals surface area contributed by atoms with E-state index in [9.17, 15) is 15.6 Å². The van der Waals surface area contributed by atoms with Crippen molar-refractivity contribution in [1.82, 2.24) is 5.32 Å². The standard InChI is InChI=1S/C21H16N4O/c1-15-18(12-16-8-4-2-5-9-16)21(26,17-10-6-3-7-11-17)25-20(14-23)19(13-22)24-15/h2-12,25-26H,1H3. The normalized spacial score (nSPS) is 21.2. The number of nitriles is 2. The summed E-state index contributed by atoms with van der Waals surface area (Å²) in [5.41, 5.74) is 0.498. The second-order valence-electron chi connectivity index (χ2n) is 5.81. The molecule has 1 unspecified atom stereocenters. The number of allylic oxidation sites excluding steroid dienone is 2. The summed E-state index contributed by atoms with van der Waals surface area (Å²) in [6, 6.07) is 22.3. The number of nitrogens with one attached hydrogen (secondary N) is 1. The fourth-order valence-corrected chi connectivity index (χ4v) is 2.85. The van der Waals surface area contributed by atoms with Gasteiger partial charge < -0.3 is 10.4 Å². The van der Waals surface area contributed by atoms with Crippen LogP contribution in [0.5, 0.6) is 0 Å². The molecule has 2 aromatic carbocycles. The first-order chi connectivity index (χ1) is 12.6. The lowest BCUT2D eigenvalue weighted by Gasteiger charge is -2.31. The topological polar surface area (TPSA) is 92.2 Å². The number of nitrogens with zero attached hydrogens (tertiary/aromatic N) is 3. The maximum Gasteiger partial charge on any atom is 0.191 e. The zero-order chi connectivity index (χ0) is 18.6. The van der Waals surface area contributed by atoms with Gasteiger partial charge in [0, 0.05) is 16.8 Å². The number of hydrogen-bond donors (Lipinski definition) is 2. The first-order valence-electron chi connectivity index (χ1n) is 8.02. The van der Waals surface area contributed by atoms with Gasteiger partial charge in [0.05, 0.1) is 0 Å². The van der Waals surface area contributed by atoms with Crippen LogP contribution in [0.1, 0.15) is 18.1 Å². The fourth-order valence-electron chi connectivity index (χ4n) is 2.85. The Hall–Kier alpha value is -3.67. The van der Waals surface area contributed by atoms with Gasteiger partial charge in [0.15, 0.2) is 17.1 Å². The molecule has 3 rings (SSSR count). The van der Waals surface area contributed by atoms with E-state index in [4.69, 9.17) is 0 Å². The molecule has 1 aliphatic heterocycles. The Morgan fingerprint density at radius 3 is 2.19 bits per heavy atom. The Balaban J connectivity index is 2.28. The lowest BCUT2D eigenvalue weighted by Crippen LogP contribution is -2.44. The minimum Gasteiger partial charge on any atom is -0.363 e. The van der Waals surface area contributed by atoms with Crippen molar-refractivity contribution in [2.24, 2.45) is 4.99 Å². The Morgan fingerprint density at radius 2 is 1.62 bits per heavy atom. The molecule has 0 amide bonds. The lowest BCUT2D eigenvalue weighted by molar-refractivity contribution is 0.0585. The molecule has 1 atom stereocenters. The van der Waals surface area contributed by atoms with Gasteiger partial charge in [0.1, 0.15) is 12.1 Å². The van der Waals surface area contributed by atoms with Gasteiger partial charge in [-0.25, -0.2) is 4.99 Å². The molecule has 5 nitrogen and oxygen atoms in total. The minimum atomic E-state index is -1.70. The van der Waals surface area contributed by atoms with Gasteiger partial charge in [0.25, 0.3) is 0 Å². The van der Waals surface area contributed by atoms with E-state index >= 15 is 0 Å². The van der Waals surface area contributed by atoms with Crippen molar-refractivity contribution in [1.29, 1.82) is 10.5 Å². The molecule has 0 bridgehead atoms. The van der Waals surface area contributed by atoms with Crippen LogP contribution in [0.3, 0.4) is 0 Å². The summed E-state index contributed by atoms with van der Waals surface area (Å²) in [5.74, 6) is 0. The van der Waals surface area contributed by atoms with Gasteiger partial charge in [-0.05, 0) is 18.6 Å². The minimum absolute atomic E-state index is 0.0594. The highest BCUT2D eigenvalue weighted by Gasteiger charge is 2.38. The first-order valence-corrected chi connectivity index (χ1v) is 8.02. The molecule has 0 aromatic heterocycles. The molecule has 2 aromatic rings. The molecule has 0 saturated carbocycles. The molecule has 26 heavy (non-hydrogen) atoms. The Labute approximate surface area is 151 Å². The zero-order valence-corrected chi connectivity index (χ0v) is 14.1. The van der Waals surface area contributed by atoms with Crippen molar-refractivity contribution in [3.63, 3.8) is 0 Å². The molecule has 0 spiro atoms. The van der Waals surface area contributed by atoms with Gasteiger partial charge >= 0.3 is 0 Å². The molecule has 0 radical (unpaired) electrons. The number of hydrogen-bond acceptors (Lipinski definition) is 5. The SMILES string of the molecule is CC1=NC(C#N)=C(C#N)NC(O)(c2ccccc2)C1=Cc1ccccc1. The third-order valence-electron chi connectivity index (χ3n) is 4.12. The molecular weight excluding hydrogens is 324 g/mol. The van der Waals surface area contributed by atoms with E-state index in [1.807, 2.05) is 48.5 Å². The van der Waals surface area contributed by atoms with E-state index in [-0.39, 0.29) is 11.4 Å². The second kappa shape index (κ2) is 7.06. The van der Waals surface area contributed by atoms with Crippen LogP contribution < -0.4 is 5.32 Å². The van der Waals surface area contributed by atoms with Crippen LogP contribution in [-0.4, -0.2) is 10.8 Å². The number of rotatable bonds is 2. The highest BCUT2D eigenvalue weighted by Crippen LogP contribution is 2.33. The third-order valence-corrected chi connectivity index (χ3v) is 4.12. The maximum absolute atomic E-state index is 11.6. The van der Waals surface area contributed by atoms with Crippen LogP contribution in [-0.2, 0) is 5.72 Å². The number of aliphatic imine (C=N–C) groups is 1. The Kier molecular flexibility index (Phi) is 4.66. The summed E-state index contributed by atoms with van der Waals surface area (Å²) in [7, 11) is 0.